The molecule has 1 aromatic rings. The first-order chi connectivity index (χ1) is 9.20. The van der Waals surface area contributed by atoms with E-state index in [0.29, 0.717) is 18.3 Å². The van der Waals surface area contributed by atoms with Gasteiger partial charge in [0.15, 0.2) is 0 Å². The van der Waals surface area contributed by atoms with Gasteiger partial charge in [-0.1, -0.05) is 26.2 Å². The summed E-state index contributed by atoms with van der Waals surface area (Å²) < 4.78 is 9.15. The van der Waals surface area contributed by atoms with E-state index in [1.54, 1.807) is 7.11 Å². The maximum absolute atomic E-state index is 12.4. The van der Waals surface area contributed by atoms with Gasteiger partial charge in [0.1, 0.15) is 5.69 Å². The molecular formula is C14H25N3O2. The van der Waals surface area contributed by atoms with Gasteiger partial charge < -0.3 is 10.5 Å². The van der Waals surface area contributed by atoms with E-state index in [2.05, 4.69) is 11.6 Å². The SMILES string of the molecule is CCCn1c(COC)c(N)c(=O)n1C1CCCCC1. The average molecular weight is 267 g/mol. The highest BCUT2D eigenvalue weighted by Crippen LogP contribution is 2.28. The van der Waals surface area contributed by atoms with Crippen molar-refractivity contribution in [1.82, 2.24) is 9.36 Å². The summed E-state index contributed by atoms with van der Waals surface area (Å²) in [6.45, 7) is 3.34. The van der Waals surface area contributed by atoms with Crippen LogP contribution in [0, 0.1) is 0 Å². The second-order valence-corrected chi connectivity index (χ2v) is 5.36. The van der Waals surface area contributed by atoms with Crippen molar-refractivity contribution in [2.75, 3.05) is 12.8 Å². The number of ether oxygens (including phenoxy) is 1. The van der Waals surface area contributed by atoms with E-state index in [1.807, 2.05) is 4.68 Å². The third-order valence-corrected chi connectivity index (χ3v) is 3.96. The Morgan fingerprint density at radius 3 is 2.58 bits per heavy atom. The molecule has 1 aliphatic carbocycles. The van der Waals surface area contributed by atoms with E-state index in [0.717, 1.165) is 31.5 Å². The second kappa shape index (κ2) is 6.28. The van der Waals surface area contributed by atoms with Crippen molar-refractivity contribution in [1.29, 1.82) is 0 Å². The Bertz CT molecular complexity index is 470. The molecule has 1 aliphatic rings. The first kappa shape index (κ1) is 14.2. The monoisotopic (exact) mass is 267 g/mol. The summed E-state index contributed by atoms with van der Waals surface area (Å²) in [5.41, 5.74) is 7.15. The molecule has 0 atom stereocenters. The zero-order valence-electron chi connectivity index (χ0n) is 12.0. The zero-order valence-corrected chi connectivity index (χ0v) is 12.0. The Hall–Kier alpha value is -1.23. The molecule has 2 N–H and O–H groups in total. The minimum absolute atomic E-state index is 0.0348. The third-order valence-electron chi connectivity index (χ3n) is 3.96. The highest BCUT2D eigenvalue weighted by Gasteiger charge is 2.24. The van der Waals surface area contributed by atoms with Crippen LogP contribution in [0.25, 0.3) is 0 Å². The number of hydrogen-bond acceptors (Lipinski definition) is 3. The molecule has 1 aromatic heterocycles. The number of nitrogen functional groups attached to an aromatic ring is 1. The molecule has 0 saturated heterocycles. The Balaban J connectivity index is 2.44. The Labute approximate surface area is 114 Å². The summed E-state index contributed by atoms with van der Waals surface area (Å²) in [6, 6.07) is 0.306. The lowest BCUT2D eigenvalue weighted by atomic mass is 9.96. The van der Waals surface area contributed by atoms with Crippen LogP contribution in [0.4, 0.5) is 5.69 Å². The van der Waals surface area contributed by atoms with Gasteiger partial charge in [0.2, 0.25) is 0 Å². The van der Waals surface area contributed by atoms with Crippen molar-refractivity contribution in [2.45, 2.75) is 64.6 Å². The summed E-state index contributed by atoms with van der Waals surface area (Å²) in [6.07, 6.45) is 6.83. The predicted molar refractivity (Wildman–Crippen MR) is 76.2 cm³/mol. The molecule has 1 saturated carbocycles. The molecule has 0 aromatic carbocycles. The lowest BCUT2D eigenvalue weighted by Gasteiger charge is -2.26. The average Bonchev–Trinajstić information content (AvgIpc) is 2.66. The first-order valence-corrected chi connectivity index (χ1v) is 7.29. The maximum atomic E-state index is 12.4. The summed E-state index contributed by atoms with van der Waals surface area (Å²) in [7, 11) is 1.64. The molecule has 19 heavy (non-hydrogen) atoms. The number of anilines is 1. The van der Waals surface area contributed by atoms with Crippen LogP contribution < -0.4 is 11.3 Å². The minimum atomic E-state index is -0.0348. The van der Waals surface area contributed by atoms with Crippen molar-refractivity contribution in [2.24, 2.45) is 0 Å². The van der Waals surface area contributed by atoms with Gasteiger partial charge in [-0.3, -0.25) is 9.48 Å². The molecule has 0 radical (unpaired) electrons. The van der Waals surface area contributed by atoms with Gasteiger partial charge in [-0.05, 0) is 19.3 Å². The normalized spacial score (nSPS) is 16.9. The molecule has 5 nitrogen and oxygen atoms in total. The van der Waals surface area contributed by atoms with Crippen LogP contribution in [0.15, 0.2) is 4.79 Å². The van der Waals surface area contributed by atoms with Crippen LogP contribution >= 0.6 is 0 Å². The van der Waals surface area contributed by atoms with Crippen molar-refractivity contribution < 1.29 is 4.74 Å². The van der Waals surface area contributed by atoms with Crippen LogP contribution in [0.3, 0.4) is 0 Å². The lowest BCUT2D eigenvalue weighted by Crippen LogP contribution is -2.30. The molecule has 0 bridgehead atoms. The topological polar surface area (TPSA) is 62.2 Å². The Morgan fingerprint density at radius 1 is 1.32 bits per heavy atom. The van der Waals surface area contributed by atoms with Crippen LogP contribution in [0.2, 0.25) is 0 Å². The van der Waals surface area contributed by atoms with Crippen molar-refractivity contribution in [3.8, 4) is 0 Å². The molecule has 1 fully saturated rings. The smallest absolute Gasteiger partial charge is 0.290 e. The number of nitrogens with two attached hydrogens (primary N) is 1. The van der Waals surface area contributed by atoms with Gasteiger partial charge in [0.25, 0.3) is 5.56 Å². The number of nitrogens with zero attached hydrogens (tertiary/aromatic N) is 2. The highest BCUT2D eigenvalue weighted by molar-refractivity contribution is 5.41. The fourth-order valence-corrected chi connectivity index (χ4v) is 3.06. The molecule has 0 aliphatic heterocycles. The fourth-order valence-electron chi connectivity index (χ4n) is 3.06. The molecule has 5 heteroatoms. The van der Waals surface area contributed by atoms with Gasteiger partial charge >= 0.3 is 0 Å². The molecule has 0 spiro atoms. The number of aromatic nitrogens is 2. The van der Waals surface area contributed by atoms with E-state index < -0.39 is 0 Å². The first-order valence-electron chi connectivity index (χ1n) is 7.29. The van der Waals surface area contributed by atoms with E-state index >= 15 is 0 Å². The van der Waals surface area contributed by atoms with Crippen molar-refractivity contribution in [3.63, 3.8) is 0 Å². The van der Waals surface area contributed by atoms with E-state index in [4.69, 9.17) is 10.5 Å². The van der Waals surface area contributed by atoms with Gasteiger partial charge in [0.05, 0.1) is 18.3 Å². The second-order valence-electron chi connectivity index (χ2n) is 5.36. The van der Waals surface area contributed by atoms with Gasteiger partial charge in [-0.25, -0.2) is 4.68 Å². The molecular weight excluding hydrogens is 242 g/mol. The number of hydrogen-bond donors (Lipinski definition) is 1. The molecule has 0 unspecified atom stereocenters. The van der Waals surface area contributed by atoms with Gasteiger partial charge in [-0.15, -0.1) is 0 Å². The van der Waals surface area contributed by atoms with Crippen LogP contribution in [-0.4, -0.2) is 16.5 Å². The quantitative estimate of drug-likeness (QED) is 0.890. The van der Waals surface area contributed by atoms with Gasteiger partial charge in [0, 0.05) is 13.7 Å². The Morgan fingerprint density at radius 2 is 2.00 bits per heavy atom. The van der Waals surface area contributed by atoms with E-state index in [9.17, 15) is 4.79 Å². The molecule has 2 rings (SSSR count). The maximum Gasteiger partial charge on any atom is 0.290 e. The predicted octanol–water partition coefficient (Wildman–Crippen LogP) is 2.29. The van der Waals surface area contributed by atoms with Crippen molar-refractivity contribution in [3.05, 3.63) is 16.0 Å². The largest absolute Gasteiger partial charge is 0.393 e. The number of methoxy groups -OCH3 is 1. The Kier molecular flexibility index (Phi) is 4.69. The summed E-state index contributed by atoms with van der Waals surface area (Å²) in [4.78, 5) is 12.4. The lowest BCUT2D eigenvalue weighted by molar-refractivity contribution is 0.171. The van der Waals surface area contributed by atoms with Crippen LogP contribution in [0.1, 0.15) is 57.2 Å². The molecule has 108 valence electrons. The summed E-state index contributed by atoms with van der Waals surface area (Å²) >= 11 is 0. The van der Waals surface area contributed by atoms with Crippen LogP contribution in [0.5, 0.6) is 0 Å². The fraction of sp³-hybridized carbons (Fsp3) is 0.786. The molecule has 1 heterocycles. The molecule has 0 amide bonds. The standard InChI is InChI=1S/C14H25N3O2/c1-3-9-16-12(10-19-2)13(15)14(18)17(16)11-7-5-4-6-8-11/h11H,3-10,15H2,1-2H3. The summed E-state index contributed by atoms with van der Waals surface area (Å²) in [5, 5.41) is 0. The zero-order chi connectivity index (χ0) is 13.8. The highest BCUT2D eigenvalue weighted by atomic mass is 16.5. The number of rotatable bonds is 5. The summed E-state index contributed by atoms with van der Waals surface area (Å²) in [5.74, 6) is 0. The minimum Gasteiger partial charge on any atom is -0.393 e. The van der Waals surface area contributed by atoms with Crippen LogP contribution in [-0.2, 0) is 17.9 Å². The van der Waals surface area contributed by atoms with E-state index in [-0.39, 0.29) is 5.56 Å². The van der Waals surface area contributed by atoms with E-state index in [1.165, 1.54) is 19.3 Å². The third kappa shape index (κ3) is 2.71. The van der Waals surface area contributed by atoms with Gasteiger partial charge in [-0.2, -0.15) is 0 Å². The van der Waals surface area contributed by atoms with Crippen molar-refractivity contribution >= 4 is 5.69 Å².